The molecule has 102 valence electrons. The molecule has 0 saturated carbocycles. The molecule has 4 heteroatoms. The average Bonchev–Trinajstić information content (AvgIpc) is 2.28. The topological polar surface area (TPSA) is 19.0 Å². The molecule has 1 rings (SSSR count). The van der Waals surface area contributed by atoms with Crippen LogP contribution in [0.5, 0.6) is 0 Å². The zero-order valence-corrected chi connectivity index (χ0v) is 12.1. The summed E-state index contributed by atoms with van der Waals surface area (Å²) in [5, 5.41) is 4.76. The zero-order valence-electron chi connectivity index (χ0n) is 12.1. The summed E-state index contributed by atoms with van der Waals surface area (Å²) in [6.07, 6.45) is 2.87. The van der Waals surface area contributed by atoms with Crippen molar-refractivity contribution in [3.63, 3.8) is 0 Å². The lowest BCUT2D eigenvalue weighted by atomic mass is 10.1. The van der Waals surface area contributed by atoms with Crippen molar-refractivity contribution in [1.29, 1.82) is 0 Å². The Balaban J connectivity index is 2.19. The highest BCUT2D eigenvalue weighted by Crippen LogP contribution is 2.15. The first-order chi connectivity index (χ1) is 8.00. The summed E-state index contributed by atoms with van der Waals surface area (Å²) in [6.45, 7) is 8.32. The van der Waals surface area contributed by atoms with E-state index in [-0.39, 0.29) is 0 Å². The van der Waals surface area contributed by atoms with Crippen LogP contribution in [0.3, 0.4) is 0 Å². The van der Waals surface area contributed by atoms with Crippen molar-refractivity contribution < 1.29 is 4.74 Å². The molecule has 1 aliphatic rings. The number of rotatable bonds is 6. The Morgan fingerprint density at radius 3 is 2.24 bits per heavy atom. The molecule has 0 aromatic carbocycles. The van der Waals surface area contributed by atoms with Crippen LogP contribution in [0, 0.1) is 0 Å². The van der Waals surface area contributed by atoms with Gasteiger partial charge in [-0.3, -0.25) is 0 Å². The number of hydrazine groups is 1. The number of nitrogens with zero attached hydrogens (tertiary/aromatic N) is 3. The second kappa shape index (κ2) is 7.31. The van der Waals surface area contributed by atoms with Gasteiger partial charge in [-0.25, -0.2) is 10.0 Å². The van der Waals surface area contributed by atoms with Crippen LogP contribution in [0.2, 0.25) is 0 Å². The van der Waals surface area contributed by atoms with Crippen LogP contribution >= 0.6 is 0 Å². The third-order valence-corrected chi connectivity index (χ3v) is 3.52. The number of piperidine rings is 1. The molecule has 1 fully saturated rings. The maximum atomic E-state index is 5.59. The third kappa shape index (κ3) is 5.34. The Hall–Kier alpha value is -0.160. The van der Waals surface area contributed by atoms with E-state index in [2.05, 4.69) is 49.9 Å². The van der Waals surface area contributed by atoms with E-state index in [4.69, 9.17) is 4.74 Å². The fourth-order valence-electron chi connectivity index (χ4n) is 2.27. The van der Waals surface area contributed by atoms with Crippen LogP contribution < -0.4 is 0 Å². The minimum absolute atomic E-state index is 0.336. The minimum Gasteiger partial charge on any atom is -0.377 e. The van der Waals surface area contributed by atoms with Gasteiger partial charge in [0, 0.05) is 32.7 Å². The van der Waals surface area contributed by atoms with Crippen molar-refractivity contribution in [1.82, 2.24) is 14.9 Å². The Bertz CT molecular complexity index is 201. The number of hydrogen-bond donors (Lipinski definition) is 0. The second-order valence-electron chi connectivity index (χ2n) is 5.45. The standard InChI is InChI=1S/C13H29N3O/c1-12(2)17-11-10-15(5)16-8-6-13(7-9-16)14(3)4/h12-13H,6-11H2,1-5H3. The first-order valence-corrected chi connectivity index (χ1v) is 6.74. The molecule has 0 aromatic rings. The Kier molecular flexibility index (Phi) is 6.41. The van der Waals surface area contributed by atoms with Gasteiger partial charge in [0.25, 0.3) is 0 Å². The van der Waals surface area contributed by atoms with Gasteiger partial charge in [0.2, 0.25) is 0 Å². The van der Waals surface area contributed by atoms with Gasteiger partial charge in [0.1, 0.15) is 0 Å². The highest BCUT2D eigenvalue weighted by molar-refractivity contribution is 4.75. The molecular weight excluding hydrogens is 214 g/mol. The van der Waals surface area contributed by atoms with E-state index < -0.39 is 0 Å². The minimum atomic E-state index is 0.336. The maximum Gasteiger partial charge on any atom is 0.0610 e. The van der Waals surface area contributed by atoms with Gasteiger partial charge in [-0.05, 0) is 40.8 Å². The molecule has 1 saturated heterocycles. The van der Waals surface area contributed by atoms with Crippen LogP contribution in [0.4, 0.5) is 0 Å². The lowest BCUT2D eigenvalue weighted by Gasteiger charge is -2.39. The van der Waals surface area contributed by atoms with Gasteiger partial charge in [-0.15, -0.1) is 0 Å². The van der Waals surface area contributed by atoms with E-state index in [9.17, 15) is 0 Å². The summed E-state index contributed by atoms with van der Waals surface area (Å²) < 4.78 is 5.59. The first-order valence-electron chi connectivity index (χ1n) is 6.74. The van der Waals surface area contributed by atoms with Crippen molar-refractivity contribution in [2.24, 2.45) is 0 Å². The molecule has 0 amide bonds. The predicted octanol–water partition coefficient (Wildman–Crippen LogP) is 1.28. The van der Waals surface area contributed by atoms with E-state index in [0.29, 0.717) is 6.10 Å². The normalized spacial score (nSPS) is 19.8. The molecule has 1 heterocycles. The van der Waals surface area contributed by atoms with Crippen molar-refractivity contribution in [2.75, 3.05) is 47.4 Å². The van der Waals surface area contributed by atoms with Crippen molar-refractivity contribution in [3.8, 4) is 0 Å². The molecule has 0 aromatic heterocycles. The first kappa shape index (κ1) is 14.9. The third-order valence-electron chi connectivity index (χ3n) is 3.52. The summed E-state index contributed by atoms with van der Waals surface area (Å²) in [5.41, 5.74) is 0. The largest absolute Gasteiger partial charge is 0.377 e. The molecule has 0 radical (unpaired) electrons. The predicted molar refractivity (Wildman–Crippen MR) is 72.0 cm³/mol. The van der Waals surface area contributed by atoms with Gasteiger partial charge < -0.3 is 9.64 Å². The maximum absolute atomic E-state index is 5.59. The smallest absolute Gasteiger partial charge is 0.0610 e. The molecule has 0 unspecified atom stereocenters. The van der Waals surface area contributed by atoms with E-state index >= 15 is 0 Å². The van der Waals surface area contributed by atoms with E-state index in [0.717, 1.165) is 19.2 Å². The van der Waals surface area contributed by atoms with E-state index in [1.807, 2.05) is 0 Å². The van der Waals surface area contributed by atoms with Gasteiger partial charge in [-0.2, -0.15) is 0 Å². The van der Waals surface area contributed by atoms with Gasteiger partial charge in [0.15, 0.2) is 0 Å². The summed E-state index contributed by atoms with van der Waals surface area (Å²) in [6, 6.07) is 0.756. The number of ether oxygens (including phenoxy) is 1. The summed E-state index contributed by atoms with van der Waals surface area (Å²) in [5.74, 6) is 0. The van der Waals surface area contributed by atoms with Crippen molar-refractivity contribution in [3.05, 3.63) is 0 Å². The molecule has 0 N–H and O–H groups in total. The molecule has 0 spiro atoms. The molecule has 0 aliphatic carbocycles. The molecule has 1 aliphatic heterocycles. The zero-order chi connectivity index (χ0) is 12.8. The quantitative estimate of drug-likeness (QED) is 0.699. The van der Waals surface area contributed by atoms with Crippen molar-refractivity contribution in [2.45, 2.75) is 38.8 Å². The Morgan fingerprint density at radius 2 is 1.76 bits per heavy atom. The van der Waals surface area contributed by atoms with E-state index in [1.165, 1.54) is 25.9 Å². The van der Waals surface area contributed by atoms with Crippen molar-refractivity contribution >= 4 is 0 Å². The van der Waals surface area contributed by atoms with E-state index in [1.54, 1.807) is 0 Å². The summed E-state index contributed by atoms with van der Waals surface area (Å²) in [4.78, 5) is 2.35. The molecule has 0 bridgehead atoms. The highest BCUT2D eigenvalue weighted by Gasteiger charge is 2.22. The SMILES string of the molecule is CC(C)OCCN(C)N1CCC(N(C)C)CC1. The lowest BCUT2D eigenvalue weighted by molar-refractivity contribution is -0.0530. The van der Waals surface area contributed by atoms with Crippen LogP contribution in [0.1, 0.15) is 26.7 Å². The summed E-state index contributed by atoms with van der Waals surface area (Å²) in [7, 11) is 6.53. The van der Waals surface area contributed by atoms with Crippen LogP contribution in [0.15, 0.2) is 0 Å². The highest BCUT2D eigenvalue weighted by atomic mass is 16.5. The van der Waals surface area contributed by atoms with Crippen LogP contribution in [-0.4, -0.2) is 74.4 Å². The Morgan fingerprint density at radius 1 is 1.18 bits per heavy atom. The van der Waals surface area contributed by atoms with Gasteiger partial charge in [0.05, 0.1) is 12.7 Å². The number of likely N-dealkylation sites (N-methyl/N-ethyl adjacent to an activating group) is 1. The number of hydrogen-bond acceptors (Lipinski definition) is 4. The molecule has 0 atom stereocenters. The lowest BCUT2D eigenvalue weighted by Crippen LogP contribution is -2.49. The van der Waals surface area contributed by atoms with Crippen LogP contribution in [-0.2, 0) is 4.74 Å². The fraction of sp³-hybridized carbons (Fsp3) is 1.00. The average molecular weight is 243 g/mol. The molecule has 17 heavy (non-hydrogen) atoms. The van der Waals surface area contributed by atoms with Gasteiger partial charge in [-0.1, -0.05) is 0 Å². The monoisotopic (exact) mass is 243 g/mol. The second-order valence-corrected chi connectivity index (χ2v) is 5.45. The molecule has 4 nitrogen and oxygen atoms in total. The molecular formula is C13H29N3O. The fourth-order valence-corrected chi connectivity index (χ4v) is 2.27. The van der Waals surface area contributed by atoms with Crippen LogP contribution in [0.25, 0.3) is 0 Å². The van der Waals surface area contributed by atoms with Gasteiger partial charge >= 0.3 is 0 Å². The summed E-state index contributed by atoms with van der Waals surface area (Å²) >= 11 is 0. The Labute approximate surface area is 106 Å².